The third kappa shape index (κ3) is 4.45. The SMILES string of the molecule is Nc1ccccc1CCNC(=O)C=Cc1ccccc1F. The fourth-order valence-electron chi connectivity index (χ4n) is 1.92. The van der Waals surface area contributed by atoms with Crippen molar-refractivity contribution in [2.75, 3.05) is 12.3 Å². The Balaban J connectivity index is 1.83. The number of carbonyl (C=O) groups excluding carboxylic acids is 1. The summed E-state index contributed by atoms with van der Waals surface area (Å²) in [7, 11) is 0. The van der Waals surface area contributed by atoms with E-state index in [2.05, 4.69) is 5.32 Å². The average Bonchev–Trinajstić information content (AvgIpc) is 2.48. The van der Waals surface area contributed by atoms with Crippen molar-refractivity contribution in [1.29, 1.82) is 0 Å². The van der Waals surface area contributed by atoms with Gasteiger partial charge in [0.25, 0.3) is 0 Å². The summed E-state index contributed by atoms with van der Waals surface area (Å²) in [6, 6.07) is 13.8. The molecule has 2 rings (SSSR count). The predicted octanol–water partition coefficient (Wildman–Crippen LogP) is 2.78. The first-order valence-corrected chi connectivity index (χ1v) is 6.70. The fourth-order valence-corrected chi connectivity index (χ4v) is 1.92. The van der Waals surface area contributed by atoms with Crippen LogP contribution in [0.4, 0.5) is 10.1 Å². The van der Waals surface area contributed by atoms with E-state index in [1.54, 1.807) is 18.2 Å². The summed E-state index contributed by atoms with van der Waals surface area (Å²) in [5, 5.41) is 2.74. The minimum absolute atomic E-state index is 0.257. The minimum atomic E-state index is -0.349. The van der Waals surface area contributed by atoms with Crippen LogP contribution < -0.4 is 11.1 Å². The van der Waals surface area contributed by atoms with Crippen LogP contribution >= 0.6 is 0 Å². The third-order valence-electron chi connectivity index (χ3n) is 3.07. The smallest absolute Gasteiger partial charge is 0.244 e. The molecule has 0 fully saturated rings. The number of benzene rings is 2. The van der Waals surface area contributed by atoms with Gasteiger partial charge < -0.3 is 11.1 Å². The Hall–Kier alpha value is -2.62. The maximum atomic E-state index is 13.4. The summed E-state index contributed by atoms with van der Waals surface area (Å²) in [5.74, 6) is -0.605. The molecule has 0 saturated carbocycles. The largest absolute Gasteiger partial charge is 0.399 e. The summed E-state index contributed by atoms with van der Waals surface area (Å²) >= 11 is 0. The zero-order valence-electron chi connectivity index (χ0n) is 11.6. The molecule has 0 aliphatic rings. The van der Waals surface area contributed by atoms with Gasteiger partial charge >= 0.3 is 0 Å². The molecule has 0 aliphatic carbocycles. The van der Waals surface area contributed by atoms with Crippen LogP contribution in [-0.2, 0) is 11.2 Å². The average molecular weight is 284 g/mol. The van der Waals surface area contributed by atoms with E-state index in [1.807, 2.05) is 24.3 Å². The molecule has 0 bridgehead atoms. The molecular formula is C17H17FN2O. The van der Waals surface area contributed by atoms with E-state index in [0.717, 1.165) is 5.56 Å². The van der Waals surface area contributed by atoms with Gasteiger partial charge in [0.1, 0.15) is 5.82 Å². The molecule has 0 atom stereocenters. The van der Waals surface area contributed by atoms with Crippen LogP contribution in [0.2, 0.25) is 0 Å². The van der Waals surface area contributed by atoms with Crippen molar-refractivity contribution in [3.8, 4) is 0 Å². The highest BCUT2D eigenvalue weighted by Crippen LogP contribution is 2.10. The first-order valence-electron chi connectivity index (χ1n) is 6.70. The van der Waals surface area contributed by atoms with Crippen molar-refractivity contribution in [2.24, 2.45) is 0 Å². The molecule has 3 nitrogen and oxygen atoms in total. The molecule has 2 aromatic carbocycles. The molecule has 4 heteroatoms. The molecular weight excluding hydrogens is 267 g/mol. The van der Waals surface area contributed by atoms with Crippen LogP contribution in [0, 0.1) is 5.82 Å². The molecule has 2 aromatic rings. The van der Waals surface area contributed by atoms with Crippen LogP contribution in [0.3, 0.4) is 0 Å². The lowest BCUT2D eigenvalue weighted by molar-refractivity contribution is -0.116. The molecule has 0 saturated heterocycles. The van der Waals surface area contributed by atoms with E-state index < -0.39 is 0 Å². The number of nitrogens with one attached hydrogen (secondary N) is 1. The number of anilines is 1. The van der Waals surface area contributed by atoms with E-state index in [1.165, 1.54) is 18.2 Å². The summed E-state index contributed by atoms with van der Waals surface area (Å²) in [5.41, 5.74) is 7.92. The Morgan fingerprint density at radius 2 is 1.86 bits per heavy atom. The molecule has 3 N–H and O–H groups in total. The number of nitrogens with two attached hydrogens (primary N) is 1. The predicted molar refractivity (Wildman–Crippen MR) is 83.0 cm³/mol. The monoisotopic (exact) mass is 284 g/mol. The van der Waals surface area contributed by atoms with Crippen molar-refractivity contribution in [1.82, 2.24) is 5.32 Å². The third-order valence-corrected chi connectivity index (χ3v) is 3.07. The van der Waals surface area contributed by atoms with Crippen LogP contribution in [0.1, 0.15) is 11.1 Å². The summed E-state index contributed by atoms with van der Waals surface area (Å²) in [6.45, 7) is 0.481. The van der Waals surface area contributed by atoms with Gasteiger partial charge in [-0.15, -0.1) is 0 Å². The van der Waals surface area contributed by atoms with Gasteiger partial charge in [-0.1, -0.05) is 36.4 Å². The molecule has 0 unspecified atom stereocenters. The molecule has 0 heterocycles. The zero-order chi connectivity index (χ0) is 15.1. The van der Waals surface area contributed by atoms with Gasteiger partial charge in [-0.2, -0.15) is 0 Å². The van der Waals surface area contributed by atoms with E-state index in [0.29, 0.717) is 24.2 Å². The first kappa shape index (κ1) is 14.8. The van der Waals surface area contributed by atoms with Gasteiger partial charge in [0.2, 0.25) is 5.91 Å². The molecule has 0 aliphatic heterocycles. The lowest BCUT2D eigenvalue weighted by Gasteiger charge is -2.05. The van der Waals surface area contributed by atoms with Crippen LogP contribution in [0.25, 0.3) is 6.08 Å². The number of hydrogen-bond acceptors (Lipinski definition) is 2. The van der Waals surface area contributed by atoms with Gasteiger partial charge in [-0.3, -0.25) is 4.79 Å². The van der Waals surface area contributed by atoms with Crippen LogP contribution in [0.5, 0.6) is 0 Å². The second-order valence-electron chi connectivity index (χ2n) is 4.59. The van der Waals surface area contributed by atoms with Crippen molar-refractivity contribution in [2.45, 2.75) is 6.42 Å². The summed E-state index contributed by atoms with van der Waals surface area (Å²) in [4.78, 5) is 11.7. The van der Waals surface area contributed by atoms with Gasteiger partial charge in [0, 0.05) is 23.9 Å². The molecule has 1 amide bonds. The zero-order valence-corrected chi connectivity index (χ0v) is 11.6. The van der Waals surface area contributed by atoms with Gasteiger partial charge in [0.05, 0.1) is 0 Å². The second-order valence-corrected chi connectivity index (χ2v) is 4.59. The summed E-state index contributed by atoms with van der Waals surface area (Å²) < 4.78 is 13.4. The molecule has 21 heavy (non-hydrogen) atoms. The van der Waals surface area contributed by atoms with Gasteiger partial charge in [0.15, 0.2) is 0 Å². The first-order chi connectivity index (χ1) is 10.2. The highest BCUT2D eigenvalue weighted by molar-refractivity contribution is 5.91. The highest BCUT2D eigenvalue weighted by Gasteiger charge is 2.00. The van der Waals surface area contributed by atoms with E-state index in [9.17, 15) is 9.18 Å². The quantitative estimate of drug-likeness (QED) is 0.655. The molecule has 0 radical (unpaired) electrons. The molecule has 0 spiro atoms. The summed E-state index contributed by atoms with van der Waals surface area (Å²) in [6.07, 6.45) is 3.44. The number of rotatable bonds is 5. The van der Waals surface area contributed by atoms with Crippen molar-refractivity contribution >= 4 is 17.7 Å². The normalized spacial score (nSPS) is 10.7. The number of carbonyl (C=O) groups is 1. The fraction of sp³-hybridized carbons (Fsp3) is 0.118. The minimum Gasteiger partial charge on any atom is -0.399 e. The second kappa shape index (κ2) is 7.24. The van der Waals surface area contributed by atoms with E-state index >= 15 is 0 Å². The lowest BCUT2D eigenvalue weighted by Crippen LogP contribution is -2.23. The van der Waals surface area contributed by atoms with E-state index in [-0.39, 0.29) is 11.7 Å². The number of hydrogen-bond donors (Lipinski definition) is 2. The number of halogens is 1. The topological polar surface area (TPSA) is 55.1 Å². The maximum Gasteiger partial charge on any atom is 0.244 e. The highest BCUT2D eigenvalue weighted by atomic mass is 19.1. The van der Waals surface area contributed by atoms with Crippen molar-refractivity contribution in [3.05, 3.63) is 71.6 Å². The maximum absolute atomic E-state index is 13.4. The number of amides is 1. The van der Waals surface area contributed by atoms with Crippen LogP contribution in [0.15, 0.2) is 54.6 Å². The lowest BCUT2D eigenvalue weighted by atomic mass is 10.1. The Bertz CT molecular complexity index is 653. The molecule has 108 valence electrons. The van der Waals surface area contributed by atoms with Crippen molar-refractivity contribution < 1.29 is 9.18 Å². The van der Waals surface area contributed by atoms with Crippen molar-refractivity contribution in [3.63, 3.8) is 0 Å². The van der Waals surface area contributed by atoms with Gasteiger partial charge in [-0.05, 0) is 30.2 Å². The van der Waals surface area contributed by atoms with E-state index in [4.69, 9.17) is 5.73 Å². The Morgan fingerprint density at radius 3 is 2.62 bits per heavy atom. The Morgan fingerprint density at radius 1 is 1.14 bits per heavy atom. The Labute approximate surface area is 123 Å². The molecule has 0 aromatic heterocycles. The number of para-hydroxylation sites is 1. The Kier molecular flexibility index (Phi) is 5.10. The standard InChI is InChI=1S/C17H17FN2O/c18-15-7-3-1-5-13(15)9-10-17(21)20-12-11-14-6-2-4-8-16(14)19/h1-10H,11-12,19H2,(H,20,21). The van der Waals surface area contributed by atoms with Gasteiger partial charge in [-0.25, -0.2) is 4.39 Å². The number of nitrogen functional groups attached to an aromatic ring is 1. The van der Waals surface area contributed by atoms with Crippen LogP contribution in [-0.4, -0.2) is 12.5 Å².